The van der Waals surface area contributed by atoms with Crippen molar-refractivity contribution in [2.24, 2.45) is 28.2 Å². The largest absolute Gasteiger partial charge is 0.510 e. The zero-order chi connectivity index (χ0) is 27.4. The lowest BCUT2D eigenvalue weighted by Crippen LogP contribution is -2.51. The average Bonchev–Trinajstić information content (AvgIpc) is 2.81. The lowest BCUT2D eigenvalue weighted by molar-refractivity contribution is -0.126. The number of aromatic hydroxyl groups is 1. The molecule has 4 rings (SSSR count). The topological polar surface area (TPSA) is 119 Å². The first-order valence-corrected chi connectivity index (χ1v) is 12.7. The van der Waals surface area contributed by atoms with Gasteiger partial charge in [0.2, 0.25) is 0 Å². The van der Waals surface area contributed by atoms with Crippen molar-refractivity contribution >= 4 is 24.2 Å². The Morgan fingerprint density at radius 2 is 1.89 bits per heavy atom. The predicted octanol–water partition coefficient (Wildman–Crippen LogP) is 3.56. The molecule has 198 valence electrons. The van der Waals surface area contributed by atoms with Gasteiger partial charge in [-0.1, -0.05) is 45.9 Å². The number of fused-ring (bicyclic) bond motifs is 3. The van der Waals surface area contributed by atoms with Crippen molar-refractivity contribution in [1.29, 1.82) is 0 Å². The summed E-state index contributed by atoms with van der Waals surface area (Å²) in [5, 5.41) is 25.5. The van der Waals surface area contributed by atoms with Crippen LogP contribution < -0.4 is 5.32 Å². The van der Waals surface area contributed by atoms with Crippen molar-refractivity contribution in [1.82, 2.24) is 10.2 Å². The van der Waals surface area contributed by atoms with E-state index in [1.54, 1.807) is 25.1 Å². The van der Waals surface area contributed by atoms with Gasteiger partial charge in [0.15, 0.2) is 11.6 Å². The molecule has 4 unspecified atom stereocenters. The Bertz CT molecular complexity index is 1240. The molecule has 3 aliphatic rings. The monoisotopic (exact) mass is 507 g/mol. The van der Waals surface area contributed by atoms with Crippen LogP contribution in [0.2, 0.25) is 0 Å². The number of amides is 1. The fraction of sp³-hybridized carbons (Fsp3) is 0.517. The van der Waals surface area contributed by atoms with Gasteiger partial charge in [-0.25, -0.2) is 4.99 Å². The van der Waals surface area contributed by atoms with E-state index in [0.717, 1.165) is 12.1 Å². The van der Waals surface area contributed by atoms with Crippen LogP contribution in [0.1, 0.15) is 61.5 Å². The van der Waals surface area contributed by atoms with Crippen LogP contribution >= 0.6 is 0 Å². The number of aliphatic hydroxyl groups excluding tert-OH is 1. The van der Waals surface area contributed by atoms with Crippen LogP contribution in [-0.2, 0) is 16.1 Å². The molecule has 1 amide bonds. The molecule has 0 radical (unpaired) electrons. The van der Waals surface area contributed by atoms with Crippen LogP contribution in [-0.4, -0.2) is 66.0 Å². The molecule has 1 aromatic carbocycles. The average molecular weight is 508 g/mol. The number of Topliss-reactive ketones (excluding diaryl/α,β-unsaturated/α-hetero) is 2. The van der Waals surface area contributed by atoms with Crippen LogP contribution in [0.25, 0.3) is 0 Å². The quantitative estimate of drug-likeness (QED) is 0.412. The highest BCUT2D eigenvalue weighted by Gasteiger charge is 2.52. The predicted molar refractivity (Wildman–Crippen MR) is 142 cm³/mol. The third-order valence-corrected chi connectivity index (χ3v) is 8.00. The fourth-order valence-corrected chi connectivity index (χ4v) is 6.23. The number of nitrogens with one attached hydrogen (secondary N) is 1. The number of phenols is 1. The van der Waals surface area contributed by atoms with Gasteiger partial charge in [0.1, 0.15) is 17.1 Å². The molecule has 0 saturated carbocycles. The molecule has 0 aliphatic heterocycles. The van der Waals surface area contributed by atoms with Crippen LogP contribution in [0, 0.1) is 23.2 Å². The maximum absolute atomic E-state index is 13.8. The van der Waals surface area contributed by atoms with E-state index in [1.165, 1.54) is 0 Å². The van der Waals surface area contributed by atoms with Crippen molar-refractivity contribution in [3.63, 3.8) is 0 Å². The Morgan fingerprint density at radius 1 is 1.22 bits per heavy atom. The summed E-state index contributed by atoms with van der Waals surface area (Å²) in [7, 11) is 3.57. The molecule has 5 atom stereocenters. The van der Waals surface area contributed by atoms with Gasteiger partial charge < -0.3 is 15.5 Å². The first-order chi connectivity index (χ1) is 17.3. The minimum atomic E-state index is -0.868. The molecule has 0 spiro atoms. The Labute approximate surface area is 218 Å². The highest BCUT2D eigenvalue weighted by atomic mass is 16.3. The number of benzene rings is 1. The Hall–Kier alpha value is -3.10. The van der Waals surface area contributed by atoms with E-state index >= 15 is 0 Å². The molecule has 8 heteroatoms. The second-order valence-electron chi connectivity index (χ2n) is 12.0. The number of nitrogens with zero attached hydrogens (tertiary/aromatic N) is 2. The molecule has 0 aromatic heterocycles. The maximum Gasteiger partial charge on any atom is 0.283 e. The first kappa shape index (κ1) is 26.9. The molecule has 8 nitrogen and oxygen atoms in total. The molecule has 0 heterocycles. The third kappa shape index (κ3) is 4.57. The summed E-state index contributed by atoms with van der Waals surface area (Å²) < 4.78 is 0. The minimum absolute atomic E-state index is 0.0253. The number of likely N-dealkylation sites (N-methyl/N-ethyl adjacent to an activating group) is 1. The number of ketones is 2. The van der Waals surface area contributed by atoms with Crippen LogP contribution in [0.15, 0.2) is 40.1 Å². The zero-order valence-electron chi connectivity index (χ0n) is 22.5. The fourth-order valence-electron chi connectivity index (χ4n) is 6.23. The maximum atomic E-state index is 13.8. The molecule has 3 N–H and O–H groups in total. The number of carbonyl (C=O) groups is 3. The second-order valence-corrected chi connectivity index (χ2v) is 12.0. The summed E-state index contributed by atoms with van der Waals surface area (Å²) >= 11 is 0. The van der Waals surface area contributed by atoms with Crippen molar-refractivity contribution in [3.05, 3.63) is 51.8 Å². The van der Waals surface area contributed by atoms with Crippen molar-refractivity contribution < 1.29 is 24.6 Å². The number of aliphatic hydroxyl groups is 1. The smallest absolute Gasteiger partial charge is 0.283 e. The van der Waals surface area contributed by atoms with Crippen molar-refractivity contribution in [2.75, 3.05) is 20.6 Å². The molecular formula is C29H37N3O5. The highest BCUT2D eigenvalue weighted by molar-refractivity contribution is 6.23. The number of rotatable bonds is 5. The minimum Gasteiger partial charge on any atom is -0.510 e. The van der Waals surface area contributed by atoms with Crippen LogP contribution in [0.3, 0.4) is 0 Å². The van der Waals surface area contributed by atoms with E-state index in [2.05, 4.69) is 37.8 Å². The van der Waals surface area contributed by atoms with Gasteiger partial charge >= 0.3 is 0 Å². The Morgan fingerprint density at radius 3 is 2.49 bits per heavy atom. The van der Waals surface area contributed by atoms with E-state index in [0.29, 0.717) is 29.7 Å². The highest BCUT2D eigenvalue weighted by Crippen LogP contribution is 2.52. The lowest BCUT2D eigenvalue weighted by atomic mass is 9.59. The van der Waals surface area contributed by atoms with E-state index in [4.69, 9.17) is 0 Å². The summed E-state index contributed by atoms with van der Waals surface area (Å²) in [4.78, 5) is 44.8. The summed E-state index contributed by atoms with van der Waals surface area (Å²) in [6.07, 6.45) is 2.16. The molecule has 0 fully saturated rings. The number of phenolic OH excluding ortho intramolecular Hbond substituents is 1. The molecule has 0 saturated heterocycles. The number of hydrogen-bond donors (Lipinski definition) is 3. The summed E-state index contributed by atoms with van der Waals surface area (Å²) in [5.74, 6) is -3.34. The van der Waals surface area contributed by atoms with E-state index in [1.807, 2.05) is 19.1 Å². The summed E-state index contributed by atoms with van der Waals surface area (Å²) in [6.45, 7) is 12.8. The first-order valence-electron chi connectivity index (χ1n) is 12.7. The van der Waals surface area contributed by atoms with Gasteiger partial charge in [-0.3, -0.25) is 19.3 Å². The van der Waals surface area contributed by atoms with Crippen LogP contribution in [0.5, 0.6) is 5.75 Å². The summed E-state index contributed by atoms with van der Waals surface area (Å²) in [6, 6.07) is 3.22. The number of aliphatic imine (C=N–C) groups is 1. The number of hydrogen-bond acceptors (Lipinski definition) is 7. The lowest BCUT2D eigenvalue weighted by Gasteiger charge is -2.46. The molecule has 1 aromatic rings. The van der Waals surface area contributed by atoms with Gasteiger partial charge in [0.25, 0.3) is 5.91 Å². The Balaban J connectivity index is 1.76. The van der Waals surface area contributed by atoms with E-state index in [9.17, 15) is 24.6 Å². The number of allylic oxidation sites excluding steroid dienone is 2. The van der Waals surface area contributed by atoms with Gasteiger partial charge in [0, 0.05) is 30.1 Å². The van der Waals surface area contributed by atoms with Gasteiger partial charge in [-0.2, -0.15) is 0 Å². The molecule has 3 aliphatic carbocycles. The number of carbonyl (C=O) groups excluding carboxylic acids is 3. The van der Waals surface area contributed by atoms with Gasteiger partial charge in [-0.05, 0) is 56.0 Å². The normalized spacial score (nSPS) is 27.4. The zero-order valence-corrected chi connectivity index (χ0v) is 22.5. The van der Waals surface area contributed by atoms with Crippen LogP contribution in [0.4, 0.5) is 0 Å². The molecule has 37 heavy (non-hydrogen) atoms. The second kappa shape index (κ2) is 9.65. The van der Waals surface area contributed by atoms with E-state index < -0.39 is 23.7 Å². The summed E-state index contributed by atoms with van der Waals surface area (Å²) in [5.41, 5.74) is 1.93. The van der Waals surface area contributed by atoms with Crippen molar-refractivity contribution in [3.8, 4) is 5.75 Å². The van der Waals surface area contributed by atoms with Crippen molar-refractivity contribution in [2.45, 2.75) is 52.6 Å². The Kier molecular flexibility index (Phi) is 7.03. The van der Waals surface area contributed by atoms with E-state index in [-0.39, 0.29) is 46.0 Å². The third-order valence-electron chi connectivity index (χ3n) is 8.00. The van der Waals surface area contributed by atoms with Gasteiger partial charge in [0.05, 0.1) is 11.6 Å². The standard InChI is InChI=1S/C29H37N3O5/c1-14-16-9-8-15(12-31-13-29(2,3)4)24(33)21(16)25(34)19-11-20-18(10-17(14)19)23(32(6)7)27(36)22(26(20)35)28(37)30-5/h8-9,11,14,17-18,20,23,31,33,36H,5,10,12-13H2,1-4,6-7H3/t14-,17?,18?,20?,23?/m0/s1. The molecule has 0 bridgehead atoms. The molecular weight excluding hydrogens is 470 g/mol. The SMILES string of the molecule is C=NC(=O)C1=C(O)C(N(C)C)C2CC3C(=CC2C1=O)C(=O)c1c(ccc(CNCC(C)(C)C)c1O)[C@@H]3C. The van der Waals surface area contributed by atoms with Gasteiger partial charge in [-0.15, -0.1) is 0 Å².